The molecule has 21 heavy (non-hydrogen) atoms. The average Bonchev–Trinajstić information content (AvgIpc) is 3.05. The van der Waals surface area contributed by atoms with Gasteiger partial charge in [-0.3, -0.25) is 4.79 Å². The largest absolute Gasteiger partial charge is 0.481 e. The standard InChI is InChI=1S/C15H14N2O2S2/c1-10-4-5-13-12(7-10)16-15(21-9-14(18)19)17(13)8-11-3-2-6-20-11/h2-7H,8-9H2,1H3,(H,18,19). The van der Waals surface area contributed by atoms with Crippen LogP contribution in [0.5, 0.6) is 0 Å². The molecule has 0 spiro atoms. The lowest BCUT2D eigenvalue weighted by molar-refractivity contribution is -0.133. The van der Waals surface area contributed by atoms with Crippen LogP contribution in [0.15, 0.2) is 40.9 Å². The molecule has 0 fully saturated rings. The molecule has 3 rings (SSSR count). The third-order valence-corrected chi connectivity index (χ3v) is 4.91. The van der Waals surface area contributed by atoms with Crippen LogP contribution < -0.4 is 0 Å². The van der Waals surface area contributed by atoms with Gasteiger partial charge in [-0.05, 0) is 36.1 Å². The van der Waals surface area contributed by atoms with Crippen LogP contribution in [0.3, 0.4) is 0 Å². The third-order valence-electron chi connectivity index (χ3n) is 3.09. The van der Waals surface area contributed by atoms with Crippen molar-refractivity contribution in [3.63, 3.8) is 0 Å². The number of hydrogen-bond donors (Lipinski definition) is 1. The molecule has 2 aromatic heterocycles. The molecule has 0 aliphatic heterocycles. The molecule has 108 valence electrons. The van der Waals surface area contributed by atoms with Crippen LogP contribution in [0, 0.1) is 6.92 Å². The minimum atomic E-state index is -0.828. The van der Waals surface area contributed by atoms with E-state index in [2.05, 4.69) is 27.8 Å². The van der Waals surface area contributed by atoms with E-state index in [0.29, 0.717) is 0 Å². The van der Waals surface area contributed by atoms with Crippen LogP contribution in [0.25, 0.3) is 11.0 Å². The van der Waals surface area contributed by atoms with E-state index in [1.54, 1.807) is 11.3 Å². The van der Waals surface area contributed by atoms with Gasteiger partial charge in [0.15, 0.2) is 5.16 Å². The Balaban J connectivity index is 2.03. The van der Waals surface area contributed by atoms with Gasteiger partial charge in [0, 0.05) is 4.88 Å². The zero-order chi connectivity index (χ0) is 14.8. The topological polar surface area (TPSA) is 55.1 Å². The summed E-state index contributed by atoms with van der Waals surface area (Å²) in [4.78, 5) is 16.6. The summed E-state index contributed by atoms with van der Waals surface area (Å²) >= 11 is 2.96. The minimum absolute atomic E-state index is 0.0206. The summed E-state index contributed by atoms with van der Waals surface area (Å²) in [5.41, 5.74) is 3.11. The predicted molar refractivity (Wildman–Crippen MR) is 86.3 cm³/mol. The molecular weight excluding hydrogens is 304 g/mol. The molecule has 1 N–H and O–H groups in total. The van der Waals surface area contributed by atoms with Crippen molar-refractivity contribution >= 4 is 40.1 Å². The van der Waals surface area contributed by atoms with Gasteiger partial charge in [0.2, 0.25) is 0 Å². The highest BCUT2D eigenvalue weighted by molar-refractivity contribution is 7.99. The minimum Gasteiger partial charge on any atom is -0.481 e. The summed E-state index contributed by atoms with van der Waals surface area (Å²) in [6, 6.07) is 10.2. The maximum absolute atomic E-state index is 10.8. The van der Waals surface area contributed by atoms with Crippen LogP contribution in [0.4, 0.5) is 0 Å². The molecule has 0 aliphatic rings. The van der Waals surface area contributed by atoms with E-state index in [-0.39, 0.29) is 5.75 Å². The zero-order valence-electron chi connectivity index (χ0n) is 11.4. The summed E-state index contributed by atoms with van der Waals surface area (Å²) in [7, 11) is 0. The van der Waals surface area contributed by atoms with E-state index in [4.69, 9.17) is 5.11 Å². The molecule has 0 unspecified atom stereocenters. The Morgan fingerprint density at radius 3 is 3.00 bits per heavy atom. The van der Waals surface area contributed by atoms with E-state index in [1.807, 2.05) is 24.4 Å². The summed E-state index contributed by atoms with van der Waals surface area (Å²) < 4.78 is 2.09. The number of imidazole rings is 1. The number of nitrogens with zero attached hydrogens (tertiary/aromatic N) is 2. The first-order valence-electron chi connectivity index (χ1n) is 6.47. The van der Waals surface area contributed by atoms with E-state index in [9.17, 15) is 4.79 Å². The lowest BCUT2D eigenvalue weighted by Crippen LogP contribution is -2.03. The molecule has 0 radical (unpaired) electrons. The number of hydrogen-bond acceptors (Lipinski definition) is 4. The van der Waals surface area contributed by atoms with Crippen LogP contribution in [0.1, 0.15) is 10.4 Å². The van der Waals surface area contributed by atoms with Crippen LogP contribution >= 0.6 is 23.1 Å². The van der Waals surface area contributed by atoms with Crippen LogP contribution in [0.2, 0.25) is 0 Å². The molecule has 0 saturated heterocycles. The number of thioether (sulfide) groups is 1. The highest BCUT2D eigenvalue weighted by Gasteiger charge is 2.13. The Labute approximate surface area is 130 Å². The van der Waals surface area contributed by atoms with Crippen molar-refractivity contribution in [2.75, 3.05) is 5.75 Å². The van der Waals surface area contributed by atoms with E-state index in [1.165, 1.54) is 16.6 Å². The Morgan fingerprint density at radius 1 is 1.43 bits per heavy atom. The smallest absolute Gasteiger partial charge is 0.313 e. The quantitative estimate of drug-likeness (QED) is 0.730. The average molecular weight is 318 g/mol. The number of rotatable bonds is 5. The molecular formula is C15H14N2O2S2. The number of carbonyl (C=O) groups is 1. The van der Waals surface area contributed by atoms with Crippen molar-refractivity contribution in [3.8, 4) is 0 Å². The Kier molecular flexibility index (Phi) is 3.98. The summed E-state index contributed by atoms with van der Waals surface area (Å²) in [6.45, 7) is 2.75. The van der Waals surface area contributed by atoms with Gasteiger partial charge < -0.3 is 9.67 Å². The number of benzene rings is 1. The highest BCUT2D eigenvalue weighted by Crippen LogP contribution is 2.26. The van der Waals surface area contributed by atoms with Gasteiger partial charge >= 0.3 is 5.97 Å². The number of thiophene rings is 1. The van der Waals surface area contributed by atoms with Crippen LogP contribution in [-0.2, 0) is 11.3 Å². The summed E-state index contributed by atoms with van der Waals surface area (Å²) in [5, 5.41) is 11.7. The molecule has 0 atom stereocenters. The Morgan fingerprint density at radius 2 is 2.29 bits per heavy atom. The first-order chi connectivity index (χ1) is 10.1. The van der Waals surface area contributed by atoms with Crippen molar-refractivity contribution in [1.82, 2.24) is 9.55 Å². The van der Waals surface area contributed by atoms with Crippen molar-refractivity contribution < 1.29 is 9.90 Å². The second kappa shape index (κ2) is 5.91. The number of carboxylic acids is 1. The molecule has 4 nitrogen and oxygen atoms in total. The molecule has 1 aromatic carbocycles. The molecule has 2 heterocycles. The number of aryl methyl sites for hydroxylation is 1. The maximum atomic E-state index is 10.8. The number of aliphatic carboxylic acids is 1. The van der Waals surface area contributed by atoms with Gasteiger partial charge in [0.25, 0.3) is 0 Å². The van der Waals surface area contributed by atoms with E-state index in [0.717, 1.165) is 28.3 Å². The number of carboxylic acid groups (broad SMARTS) is 1. The van der Waals surface area contributed by atoms with Gasteiger partial charge in [-0.1, -0.05) is 23.9 Å². The van der Waals surface area contributed by atoms with E-state index < -0.39 is 5.97 Å². The van der Waals surface area contributed by atoms with Crippen molar-refractivity contribution in [2.24, 2.45) is 0 Å². The van der Waals surface area contributed by atoms with E-state index >= 15 is 0 Å². The second-order valence-electron chi connectivity index (χ2n) is 4.73. The number of aromatic nitrogens is 2. The molecule has 0 amide bonds. The number of fused-ring (bicyclic) bond motifs is 1. The van der Waals surface area contributed by atoms with Gasteiger partial charge in [0.05, 0.1) is 23.3 Å². The SMILES string of the molecule is Cc1ccc2c(c1)nc(SCC(=O)O)n2Cc1cccs1. The van der Waals surface area contributed by atoms with Crippen LogP contribution in [-0.4, -0.2) is 26.4 Å². The fraction of sp³-hybridized carbons (Fsp3) is 0.200. The molecule has 0 aliphatic carbocycles. The summed E-state index contributed by atoms with van der Waals surface area (Å²) in [6.07, 6.45) is 0. The van der Waals surface area contributed by atoms with Crippen molar-refractivity contribution in [2.45, 2.75) is 18.6 Å². The monoisotopic (exact) mass is 318 g/mol. The van der Waals surface area contributed by atoms with Gasteiger partial charge in [-0.25, -0.2) is 4.98 Å². The molecule has 6 heteroatoms. The second-order valence-corrected chi connectivity index (χ2v) is 6.71. The van der Waals surface area contributed by atoms with Crippen molar-refractivity contribution in [3.05, 3.63) is 46.2 Å². The highest BCUT2D eigenvalue weighted by atomic mass is 32.2. The molecule has 0 saturated carbocycles. The first kappa shape index (κ1) is 14.2. The fourth-order valence-corrected chi connectivity index (χ4v) is 3.59. The van der Waals surface area contributed by atoms with Gasteiger partial charge in [-0.15, -0.1) is 11.3 Å². The fourth-order valence-electron chi connectivity index (χ4n) is 2.17. The van der Waals surface area contributed by atoms with Crippen molar-refractivity contribution in [1.29, 1.82) is 0 Å². The zero-order valence-corrected chi connectivity index (χ0v) is 13.1. The normalized spacial score (nSPS) is 11.1. The summed E-state index contributed by atoms with van der Waals surface area (Å²) in [5.74, 6) is -0.807. The lowest BCUT2D eigenvalue weighted by Gasteiger charge is -2.06. The Hall–Kier alpha value is -1.79. The molecule has 0 bridgehead atoms. The van der Waals surface area contributed by atoms with Gasteiger partial charge in [0.1, 0.15) is 0 Å². The predicted octanol–water partition coefficient (Wildman–Crippen LogP) is 3.63. The Bertz CT molecular complexity index is 778. The first-order valence-corrected chi connectivity index (χ1v) is 8.34. The van der Waals surface area contributed by atoms with Gasteiger partial charge in [-0.2, -0.15) is 0 Å². The molecule has 3 aromatic rings. The third kappa shape index (κ3) is 3.11. The maximum Gasteiger partial charge on any atom is 0.313 e. The lowest BCUT2D eigenvalue weighted by atomic mass is 10.2.